The van der Waals surface area contributed by atoms with Crippen molar-refractivity contribution in [3.63, 3.8) is 0 Å². The monoisotopic (exact) mass is 389 g/mol. The van der Waals surface area contributed by atoms with Gasteiger partial charge in [0.2, 0.25) is 5.95 Å². The molecule has 2 saturated heterocycles. The molecule has 0 aromatic carbocycles. The Labute approximate surface area is 170 Å². The zero-order chi connectivity index (χ0) is 20.5. The number of hydrogen-bond acceptors (Lipinski definition) is 7. The van der Waals surface area contributed by atoms with Crippen LogP contribution in [0, 0.1) is 0 Å². The second-order valence-electron chi connectivity index (χ2n) is 9.27. The van der Waals surface area contributed by atoms with Crippen molar-refractivity contribution in [2.24, 2.45) is 5.73 Å². The van der Waals surface area contributed by atoms with Gasteiger partial charge in [-0.2, -0.15) is 0 Å². The van der Waals surface area contributed by atoms with E-state index in [1.807, 2.05) is 12.4 Å². The lowest BCUT2D eigenvalue weighted by atomic mass is 9.81. The molecule has 0 aliphatic carbocycles. The maximum absolute atomic E-state index is 6.11. The molecule has 0 saturated carbocycles. The van der Waals surface area contributed by atoms with Crippen molar-refractivity contribution in [2.75, 3.05) is 31.1 Å². The summed E-state index contributed by atoms with van der Waals surface area (Å²) in [7, 11) is -0.429. The highest BCUT2D eigenvalue weighted by Gasteiger charge is 2.52. The second-order valence-corrected chi connectivity index (χ2v) is 9.27. The molecule has 0 spiro atoms. The molecule has 0 bridgehead atoms. The average molecular weight is 389 g/mol. The molecular weight excluding hydrogens is 353 g/mol. The van der Waals surface area contributed by atoms with Crippen LogP contribution in [-0.4, -0.2) is 71.5 Å². The van der Waals surface area contributed by atoms with E-state index < -0.39 is 7.12 Å². The van der Waals surface area contributed by atoms with Crippen molar-refractivity contribution in [1.29, 1.82) is 0 Å². The van der Waals surface area contributed by atoms with Gasteiger partial charge in [-0.3, -0.25) is 4.90 Å². The Balaban J connectivity index is 1.71. The van der Waals surface area contributed by atoms with Crippen LogP contribution in [-0.2, 0) is 9.31 Å². The first-order valence-electron chi connectivity index (χ1n) is 10.5. The molecule has 0 amide bonds. The van der Waals surface area contributed by atoms with Crippen LogP contribution in [0.3, 0.4) is 0 Å². The maximum Gasteiger partial charge on any atom is 0.498 e. The fourth-order valence-corrected chi connectivity index (χ4v) is 3.89. The quantitative estimate of drug-likeness (QED) is 0.707. The highest BCUT2D eigenvalue weighted by atomic mass is 16.7. The van der Waals surface area contributed by atoms with Gasteiger partial charge in [-0.25, -0.2) is 9.97 Å². The lowest BCUT2D eigenvalue weighted by Crippen LogP contribution is -2.45. The van der Waals surface area contributed by atoms with Gasteiger partial charge in [0.25, 0.3) is 0 Å². The number of likely N-dealkylation sites (tertiary alicyclic amines) is 1. The molecule has 3 heterocycles. The average Bonchev–Trinajstić information content (AvgIpc) is 3.14. The molecule has 7 nitrogen and oxygen atoms in total. The largest absolute Gasteiger partial charge is 0.498 e. The van der Waals surface area contributed by atoms with Gasteiger partial charge in [-0.05, 0) is 60.9 Å². The van der Waals surface area contributed by atoms with E-state index in [9.17, 15) is 0 Å². The number of anilines is 1. The predicted octanol–water partition coefficient (Wildman–Crippen LogP) is 1.41. The third kappa shape index (κ3) is 4.35. The Hall–Kier alpha value is -1.22. The summed E-state index contributed by atoms with van der Waals surface area (Å²) >= 11 is 0. The van der Waals surface area contributed by atoms with Crippen molar-refractivity contribution >= 4 is 18.5 Å². The normalized spacial score (nSPS) is 24.3. The highest BCUT2D eigenvalue weighted by Crippen LogP contribution is 2.36. The summed E-state index contributed by atoms with van der Waals surface area (Å²) in [5.74, 6) is 0.759. The van der Waals surface area contributed by atoms with Crippen LogP contribution in [0.4, 0.5) is 5.95 Å². The van der Waals surface area contributed by atoms with Gasteiger partial charge in [-0.1, -0.05) is 0 Å². The standard InChI is InChI=1S/C20H36BN5O2/c1-15(2)26(14-17-8-7-10-25(17)11-9-22)18-23-12-16(13-24-18)21-27-19(3,4)20(5,6)28-21/h12-13,15,17H,7-11,14,22H2,1-6H3/t17-/m0/s1. The summed E-state index contributed by atoms with van der Waals surface area (Å²) in [4.78, 5) is 14.1. The van der Waals surface area contributed by atoms with E-state index in [4.69, 9.17) is 15.0 Å². The van der Waals surface area contributed by atoms with Gasteiger partial charge in [0, 0.05) is 49.6 Å². The number of aromatic nitrogens is 2. The minimum Gasteiger partial charge on any atom is -0.399 e. The first-order valence-corrected chi connectivity index (χ1v) is 10.5. The molecule has 1 atom stereocenters. The van der Waals surface area contributed by atoms with Gasteiger partial charge in [0.15, 0.2) is 0 Å². The molecule has 156 valence electrons. The smallest absolute Gasteiger partial charge is 0.399 e. The van der Waals surface area contributed by atoms with Crippen LogP contribution < -0.4 is 16.1 Å². The summed E-state index contributed by atoms with van der Waals surface area (Å²) in [5.41, 5.74) is 5.91. The molecule has 1 aromatic heterocycles. The number of nitrogens with zero attached hydrogens (tertiary/aromatic N) is 4. The van der Waals surface area contributed by atoms with Gasteiger partial charge in [-0.15, -0.1) is 0 Å². The van der Waals surface area contributed by atoms with E-state index in [-0.39, 0.29) is 11.2 Å². The molecule has 1 aromatic rings. The van der Waals surface area contributed by atoms with E-state index >= 15 is 0 Å². The molecule has 0 radical (unpaired) electrons. The maximum atomic E-state index is 6.11. The lowest BCUT2D eigenvalue weighted by Gasteiger charge is -2.33. The van der Waals surface area contributed by atoms with Crippen LogP contribution in [0.15, 0.2) is 12.4 Å². The Kier molecular flexibility index (Phi) is 6.34. The third-order valence-corrected chi connectivity index (χ3v) is 6.39. The first kappa shape index (κ1) is 21.5. The lowest BCUT2D eigenvalue weighted by molar-refractivity contribution is 0.00578. The summed E-state index contributed by atoms with van der Waals surface area (Å²) in [5, 5.41) is 0. The molecule has 28 heavy (non-hydrogen) atoms. The van der Waals surface area contributed by atoms with E-state index in [2.05, 4.69) is 61.3 Å². The van der Waals surface area contributed by atoms with Crippen LogP contribution >= 0.6 is 0 Å². The molecular formula is C20H36BN5O2. The molecule has 0 unspecified atom stereocenters. The second kappa shape index (κ2) is 8.26. The van der Waals surface area contributed by atoms with E-state index in [0.29, 0.717) is 18.6 Å². The summed E-state index contributed by atoms with van der Waals surface area (Å²) in [6, 6.07) is 0.834. The molecule has 2 fully saturated rings. The SMILES string of the molecule is CC(C)N(C[C@@H]1CCCN1CCN)c1ncc(B2OC(C)(C)C(C)(C)O2)cn1. The molecule has 2 aliphatic heterocycles. The van der Waals surface area contributed by atoms with Gasteiger partial charge >= 0.3 is 7.12 Å². The van der Waals surface area contributed by atoms with Crippen molar-refractivity contribution in [3.8, 4) is 0 Å². The minimum absolute atomic E-state index is 0.322. The van der Waals surface area contributed by atoms with Crippen molar-refractivity contribution in [1.82, 2.24) is 14.9 Å². The Morgan fingerprint density at radius 1 is 1.21 bits per heavy atom. The van der Waals surface area contributed by atoms with E-state index in [1.165, 1.54) is 12.8 Å². The van der Waals surface area contributed by atoms with Crippen molar-refractivity contribution in [2.45, 2.75) is 77.7 Å². The Morgan fingerprint density at radius 2 is 1.82 bits per heavy atom. The summed E-state index contributed by atoms with van der Waals surface area (Å²) < 4.78 is 12.2. The van der Waals surface area contributed by atoms with E-state index in [0.717, 1.165) is 31.0 Å². The van der Waals surface area contributed by atoms with E-state index in [1.54, 1.807) is 0 Å². The van der Waals surface area contributed by atoms with Crippen molar-refractivity contribution in [3.05, 3.63) is 12.4 Å². The summed E-state index contributed by atoms with van der Waals surface area (Å²) in [6.45, 7) is 16.3. The fourth-order valence-electron chi connectivity index (χ4n) is 3.89. The molecule has 2 aliphatic rings. The topological polar surface area (TPSA) is 76.7 Å². The predicted molar refractivity (Wildman–Crippen MR) is 114 cm³/mol. The highest BCUT2D eigenvalue weighted by molar-refractivity contribution is 6.61. The minimum atomic E-state index is -0.429. The Bertz CT molecular complexity index is 637. The number of hydrogen-bond donors (Lipinski definition) is 1. The van der Waals surface area contributed by atoms with Crippen LogP contribution in [0.2, 0.25) is 0 Å². The molecule has 8 heteroatoms. The van der Waals surface area contributed by atoms with Gasteiger partial charge < -0.3 is 19.9 Å². The van der Waals surface area contributed by atoms with Crippen molar-refractivity contribution < 1.29 is 9.31 Å². The molecule has 3 rings (SSSR count). The van der Waals surface area contributed by atoms with Crippen LogP contribution in [0.25, 0.3) is 0 Å². The van der Waals surface area contributed by atoms with Crippen LogP contribution in [0.1, 0.15) is 54.4 Å². The van der Waals surface area contributed by atoms with Crippen LogP contribution in [0.5, 0.6) is 0 Å². The third-order valence-electron chi connectivity index (χ3n) is 6.39. The Morgan fingerprint density at radius 3 is 2.36 bits per heavy atom. The first-order chi connectivity index (χ1) is 13.1. The van der Waals surface area contributed by atoms with Gasteiger partial charge in [0.05, 0.1) is 11.2 Å². The summed E-state index contributed by atoms with van der Waals surface area (Å²) in [6.07, 6.45) is 6.12. The number of nitrogens with two attached hydrogens (primary N) is 1. The zero-order valence-corrected chi connectivity index (χ0v) is 18.3. The zero-order valence-electron chi connectivity index (χ0n) is 18.3. The van der Waals surface area contributed by atoms with Gasteiger partial charge in [0.1, 0.15) is 0 Å². The number of rotatable bonds is 7. The fraction of sp³-hybridized carbons (Fsp3) is 0.800. The molecule has 2 N–H and O–H groups in total.